The Morgan fingerprint density at radius 2 is 1.67 bits per heavy atom. The van der Waals surface area contributed by atoms with Crippen LogP contribution in [0.3, 0.4) is 0 Å². The minimum absolute atomic E-state index is 0.691. The molecule has 0 radical (unpaired) electrons. The van der Waals surface area contributed by atoms with Gasteiger partial charge in [-0.3, -0.25) is 0 Å². The van der Waals surface area contributed by atoms with Crippen LogP contribution in [0.25, 0.3) is 21.8 Å². The van der Waals surface area contributed by atoms with Gasteiger partial charge < -0.3 is 5.32 Å². The highest BCUT2D eigenvalue weighted by atomic mass is 15.0. The molecule has 21 heavy (non-hydrogen) atoms. The predicted molar refractivity (Wildman–Crippen MR) is 84.6 cm³/mol. The van der Waals surface area contributed by atoms with Crippen LogP contribution in [0.15, 0.2) is 67.1 Å². The molecule has 0 fully saturated rings. The van der Waals surface area contributed by atoms with Gasteiger partial charge in [0.1, 0.15) is 12.1 Å². The maximum atomic E-state index is 4.32. The number of fused-ring (bicyclic) bond motifs is 2. The molecule has 1 N–H and O–H groups in total. The zero-order valence-electron chi connectivity index (χ0n) is 11.2. The molecule has 2 heterocycles. The van der Waals surface area contributed by atoms with Gasteiger partial charge in [-0.05, 0) is 35.0 Å². The molecule has 2 aromatic heterocycles. The van der Waals surface area contributed by atoms with Gasteiger partial charge in [-0.2, -0.15) is 0 Å². The standard InChI is InChI=1S/C17H12N4/c1-2-5-13-10-14(8-7-12(13)4-1)21-17-15-6-3-9-18-16(15)19-11-20-17/h1-11H,(H,18,19,20,21). The molecule has 4 rings (SSSR count). The van der Waals surface area contributed by atoms with Crippen molar-refractivity contribution in [3.8, 4) is 0 Å². The Kier molecular flexibility index (Phi) is 2.71. The molecule has 0 spiro atoms. The van der Waals surface area contributed by atoms with E-state index in [1.54, 1.807) is 6.20 Å². The van der Waals surface area contributed by atoms with E-state index in [9.17, 15) is 0 Å². The fourth-order valence-electron chi connectivity index (χ4n) is 2.40. The van der Waals surface area contributed by atoms with Crippen LogP contribution < -0.4 is 5.32 Å². The van der Waals surface area contributed by atoms with Crippen LogP contribution in [0.5, 0.6) is 0 Å². The number of nitrogens with zero attached hydrogens (tertiary/aromatic N) is 3. The number of aromatic nitrogens is 3. The van der Waals surface area contributed by atoms with Gasteiger partial charge in [0.2, 0.25) is 0 Å². The first kappa shape index (κ1) is 11.8. The molecular formula is C17H12N4. The summed E-state index contributed by atoms with van der Waals surface area (Å²) in [6.07, 6.45) is 3.26. The summed E-state index contributed by atoms with van der Waals surface area (Å²) in [4.78, 5) is 12.7. The first-order chi connectivity index (χ1) is 10.4. The average Bonchev–Trinajstić information content (AvgIpc) is 2.55. The van der Waals surface area contributed by atoms with E-state index >= 15 is 0 Å². The molecule has 0 unspecified atom stereocenters. The average molecular weight is 272 g/mol. The van der Waals surface area contributed by atoms with Crippen LogP contribution in [0.1, 0.15) is 0 Å². The molecule has 0 saturated heterocycles. The van der Waals surface area contributed by atoms with Gasteiger partial charge in [0.05, 0.1) is 5.39 Å². The fourth-order valence-corrected chi connectivity index (χ4v) is 2.40. The van der Waals surface area contributed by atoms with Gasteiger partial charge in [0.15, 0.2) is 5.65 Å². The van der Waals surface area contributed by atoms with E-state index in [0.717, 1.165) is 16.9 Å². The van der Waals surface area contributed by atoms with Crippen molar-refractivity contribution in [1.29, 1.82) is 0 Å². The number of pyridine rings is 1. The lowest BCUT2D eigenvalue weighted by Crippen LogP contribution is -1.96. The number of hydrogen-bond acceptors (Lipinski definition) is 4. The molecule has 0 aliphatic carbocycles. The molecule has 4 aromatic rings. The molecule has 100 valence electrons. The first-order valence-corrected chi connectivity index (χ1v) is 6.72. The summed E-state index contributed by atoms with van der Waals surface area (Å²) in [7, 11) is 0. The summed E-state index contributed by atoms with van der Waals surface area (Å²) in [6, 6.07) is 18.4. The molecule has 2 aromatic carbocycles. The largest absolute Gasteiger partial charge is 0.340 e. The lowest BCUT2D eigenvalue weighted by molar-refractivity contribution is 1.18. The summed E-state index contributed by atoms with van der Waals surface area (Å²) >= 11 is 0. The molecule has 0 atom stereocenters. The summed E-state index contributed by atoms with van der Waals surface area (Å²) in [5, 5.41) is 6.67. The second-order valence-electron chi connectivity index (χ2n) is 4.78. The molecule has 0 aliphatic heterocycles. The van der Waals surface area contributed by atoms with Crippen molar-refractivity contribution in [3.63, 3.8) is 0 Å². The molecular weight excluding hydrogens is 260 g/mol. The molecule has 4 nitrogen and oxygen atoms in total. The lowest BCUT2D eigenvalue weighted by atomic mass is 10.1. The Balaban J connectivity index is 1.79. The molecule has 0 bridgehead atoms. The highest BCUT2D eigenvalue weighted by molar-refractivity contribution is 5.90. The third-order valence-electron chi connectivity index (χ3n) is 3.42. The van der Waals surface area contributed by atoms with Gasteiger partial charge in [-0.1, -0.05) is 30.3 Å². The Bertz CT molecular complexity index is 928. The number of rotatable bonds is 2. The highest BCUT2D eigenvalue weighted by Gasteiger charge is 2.04. The monoisotopic (exact) mass is 272 g/mol. The Morgan fingerprint density at radius 3 is 2.62 bits per heavy atom. The Morgan fingerprint density at radius 1 is 0.762 bits per heavy atom. The van der Waals surface area contributed by atoms with Crippen molar-refractivity contribution in [3.05, 3.63) is 67.1 Å². The van der Waals surface area contributed by atoms with Gasteiger partial charge in [-0.15, -0.1) is 0 Å². The Hall–Kier alpha value is -3.01. The number of hydrogen-bond donors (Lipinski definition) is 1. The van der Waals surface area contributed by atoms with Crippen molar-refractivity contribution >= 4 is 33.3 Å². The maximum Gasteiger partial charge on any atom is 0.164 e. The van der Waals surface area contributed by atoms with Crippen LogP contribution in [-0.4, -0.2) is 15.0 Å². The van der Waals surface area contributed by atoms with Gasteiger partial charge in [0.25, 0.3) is 0 Å². The molecule has 4 heteroatoms. The zero-order valence-corrected chi connectivity index (χ0v) is 11.2. The normalized spacial score (nSPS) is 10.9. The predicted octanol–water partition coefficient (Wildman–Crippen LogP) is 3.92. The summed E-state index contributed by atoms with van der Waals surface area (Å²) < 4.78 is 0. The third kappa shape index (κ3) is 2.17. The summed E-state index contributed by atoms with van der Waals surface area (Å²) in [5.41, 5.74) is 1.69. The molecule has 0 amide bonds. The third-order valence-corrected chi connectivity index (χ3v) is 3.42. The van der Waals surface area contributed by atoms with Gasteiger partial charge >= 0.3 is 0 Å². The minimum atomic E-state index is 0.691. The quantitative estimate of drug-likeness (QED) is 0.601. The molecule has 0 aliphatic rings. The van der Waals surface area contributed by atoms with Crippen LogP contribution in [0.2, 0.25) is 0 Å². The van der Waals surface area contributed by atoms with E-state index in [1.807, 2.05) is 30.3 Å². The Labute approximate surface area is 121 Å². The van der Waals surface area contributed by atoms with Crippen LogP contribution in [-0.2, 0) is 0 Å². The topological polar surface area (TPSA) is 50.7 Å². The van der Waals surface area contributed by atoms with Crippen molar-refractivity contribution in [2.45, 2.75) is 0 Å². The second kappa shape index (κ2) is 4.83. The zero-order chi connectivity index (χ0) is 14.1. The van der Waals surface area contributed by atoms with Crippen LogP contribution in [0.4, 0.5) is 11.5 Å². The van der Waals surface area contributed by atoms with Gasteiger partial charge in [0, 0.05) is 11.9 Å². The van der Waals surface area contributed by atoms with Crippen molar-refractivity contribution in [2.75, 3.05) is 5.32 Å². The summed E-state index contributed by atoms with van der Waals surface area (Å²) in [5.74, 6) is 0.767. The first-order valence-electron chi connectivity index (χ1n) is 6.72. The number of nitrogens with one attached hydrogen (secondary N) is 1. The summed E-state index contributed by atoms with van der Waals surface area (Å²) in [6.45, 7) is 0. The number of anilines is 2. The van der Waals surface area contributed by atoms with Crippen molar-refractivity contribution < 1.29 is 0 Å². The van der Waals surface area contributed by atoms with E-state index in [4.69, 9.17) is 0 Å². The fraction of sp³-hybridized carbons (Fsp3) is 0. The van der Waals surface area contributed by atoms with E-state index in [1.165, 1.54) is 17.1 Å². The lowest BCUT2D eigenvalue weighted by Gasteiger charge is -2.08. The number of benzene rings is 2. The van der Waals surface area contributed by atoms with E-state index in [0.29, 0.717) is 5.65 Å². The van der Waals surface area contributed by atoms with E-state index in [-0.39, 0.29) is 0 Å². The van der Waals surface area contributed by atoms with E-state index < -0.39 is 0 Å². The molecule has 0 saturated carbocycles. The van der Waals surface area contributed by atoms with Crippen molar-refractivity contribution in [2.24, 2.45) is 0 Å². The highest BCUT2D eigenvalue weighted by Crippen LogP contribution is 2.24. The smallest absolute Gasteiger partial charge is 0.164 e. The van der Waals surface area contributed by atoms with Crippen LogP contribution >= 0.6 is 0 Å². The van der Waals surface area contributed by atoms with Crippen LogP contribution in [0, 0.1) is 0 Å². The van der Waals surface area contributed by atoms with E-state index in [2.05, 4.69) is 44.5 Å². The van der Waals surface area contributed by atoms with Gasteiger partial charge in [-0.25, -0.2) is 15.0 Å². The maximum absolute atomic E-state index is 4.32. The second-order valence-corrected chi connectivity index (χ2v) is 4.78. The van der Waals surface area contributed by atoms with Crippen molar-refractivity contribution in [1.82, 2.24) is 15.0 Å². The minimum Gasteiger partial charge on any atom is -0.340 e. The SMILES string of the molecule is c1ccc2cc(Nc3ncnc4ncccc34)ccc2c1.